The summed E-state index contributed by atoms with van der Waals surface area (Å²) in [4.78, 5) is 12.1. The number of benzene rings is 2. The number of phenols is 1. The Labute approximate surface area is 120 Å². The highest BCUT2D eigenvalue weighted by atomic mass is 79.9. The number of rotatable bonds is 2. The van der Waals surface area contributed by atoms with Gasteiger partial charge in [-0.25, -0.2) is 0 Å². The molecule has 0 atom stereocenters. The fourth-order valence-corrected chi connectivity index (χ4v) is 2.06. The molecular formula is C15H14BrNO2. The third-order valence-electron chi connectivity index (χ3n) is 2.97. The van der Waals surface area contributed by atoms with Gasteiger partial charge < -0.3 is 10.4 Å². The summed E-state index contributed by atoms with van der Waals surface area (Å²) in [5.74, 6) is -0.371. The van der Waals surface area contributed by atoms with E-state index in [9.17, 15) is 9.90 Å². The molecule has 0 radical (unpaired) electrons. The first kappa shape index (κ1) is 13.6. The number of carbonyl (C=O) groups is 1. The van der Waals surface area contributed by atoms with E-state index in [-0.39, 0.29) is 17.2 Å². The molecule has 0 bridgehead atoms. The molecule has 0 heterocycles. The second-order valence-corrected chi connectivity index (χ2v) is 5.33. The van der Waals surface area contributed by atoms with Crippen molar-refractivity contribution in [2.45, 2.75) is 13.8 Å². The lowest BCUT2D eigenvalue weighted by Crippen LogP contribution is -2.12. The second kappa shape index (κ2) is 5.45. The molecule has 3 nitrogen and oxygen atoms in total. The zero-order chi connectivity index (χ0) is 14.0. The van der Waals surface area contributed by atoms with Crippen molar-refractivity contribution < 1.29 is 9.90 Å². The van der Waals surface area contributed by atoms with Gasteiger partial charge in [0.15, 0.2) is 0 Å². The first-order valence-corrected chi connectivity index (χ1v) is 6.64. The van der Waals surface area contributed by atoms with Crippen molar-refractivity contribution in [1.82, 2.24) is 0 Å². The monoisotopic (exact) mass is 319 g/mol. The van der Waals surface area contributed by atoms with Crippen molar-refractivity contribution in [3.05, 3.63) is 57.6 Å². The molecule has 0 aliphatic rings. The van der Waals surface area contributed by atoms with E-state index >= 15 is 0 Å². The van der Waals surface area contributed by atoms with E-state index in [1.165, 1.54) is 11.6 Å². The van der Waals surface area contributed by atoms with Crippen LogP contribution < -0.4 is 5.32 Å². The summed E-state index contributed by atoms with van der Waals surface area (Å²) in [6, 6.07) is 10.5. The maximum absolute atomic E-state index is 12.1. The Bertz CT molecular complexity index is 638. The largest absolute Gasteiger partial charge is 0.507 e. The van der Waals surface area contributed by atoms with E-state index < -0.39 is 0 Å². The zero-order valence-corrected chi connectivity index (χ0v) is 12.3. The van der Waals surface area contributed by atoms with E-state index in [1.54, 1.807) is 12.1 Å². The summed E-state index contributed by atoms with van der Waals surface area (Å²) in [5, 5.41) is 12.5. The SMILES string of the molecule is Cc1ccc(NC(=O)c2ccc(Br)cc2O)cc1C. The topological polar surface area (TPSA) is 49.3 Å². The number of nitrogens with one attached hydrogen (secondary N) is 1. The number of aromatic hydroxyl groups is 1. The second-order valence-electron chi connectivity index (χ2n) is 4.41. The lowest BCUT2D eigenvalue weighted by atomic mass is 10.1. The van der Waals surface area contributed by atoms with Gasteiger partial charge >= 0.3 is 0 Å². The molecule has 0 unspecified atom stereocenters. The van der Waals surface area contributed by atoms with Crippen LogP contribution in [0.1, 0.15) is 21.5 Å². The van der Waals surface area contributed by atoms with Crippen LogP contribution >= 0.6 is 15.9 Å². The maximum Gasteiger partial charge on any atom is 0.259 e. The van der Waals surface area contributed by atoms with E-state index in [2.05, 4.69) is 21.2 Å². The van der Waals surface area contributed by atoms with Crippen LogP contribution in [0.15, 0.2) is 40.9 Å². The molecule has 0 saturated carbocycles. The third-order valence-corrected chi connectivity index (χ3v) is 3.46. The highest BCUT2D eigenvalue weighted by molar-refractivity contribution is 9.10. The normalized spacial score (nSPS) is 10.3. The van der Waals surface area contributed by atoms with Gasteiger partial charge in [-0.15, -0.1) is 0 Å². The van der Waals surface area contributed by atoms with Crippen LogP contribution in [-0.4, -0.2) is 11.0 Å². The van der Waals surface area contributed by atoms with Crippen molar-refractivity contribution >= 4 is 27.5 Å². The van der Waals surface area contributed by atoms with Crippen LogP contribution in [-0.2, 0) is 0 Å². The van der Waals surface area contributed by atoms with E-state index in [0.29, 0.717) is 0 Å². The van der Waals surface area contributed by atoms with E-state index in [0.717, 1.165) is 15.7 Å². The first-order chi connectivity index (χ1) is 8.97. The summed E-state index contributed by atoms with van der Waals surface area (Å²) < 4.78 is 0.729. The fraction of sp³-hybridized carbons (Fsp3) is 0.133. The van der Waals surface area contributed by atoms with Gasteiger partial charge in [0.1, 0.15) is 5.75 Å². The summed E-state index contributed by atoms with van der Waals surface area (Å²) in [5.41, 5.74) is 3.25. The molecule has 98 valence electrons. The Morgan fingerprint density at radius 3 is 2.47 bits per heavy atom. The third kappa shape index (κ3) is 3.15. The van der Waals surface area contributed by atoms with Crippen molar-refractivity contribution in [3.8, 4) is 5.75 Å². The molecule has 0 aromatic heterocycles. The average molecular weight is 320 g/mol. The van der Waals surface area contributed by atoms with Gasteiger partial charge in [0.25, 0.3) is 5.91 Å². The number of anilines is 1. The number of hydrogen-bond acceptors (Lipinski definition) is 2. The molecule has 0 aliphatic carbocycles. The average Bonchev–Trinajstić information content (AvgIpc) is 2.33. The van der Waals surface area contributed by atoms with Gasteiger partial charge in [-0.05, 0) is 55.3 Å². The predicted molar refractivity (Wildman–Crippen MR) is 79.7 cm³/mol. The number of amides is 1. The lowest BCUT2D eigenvalue weighted by molar-refractivity contribution is 0.102. The Morgan fingerprint density at radius 2 is 1.84 bits per heavy atom. The van der Waals surface area contributed by atoms with E-state index in [1.807, 2.05) is 32.0 Å². The van der Waals surface area contributed by atoms with Gasteiger partial charge in [-0.2, -0.15) is 0 Å². The minimum Gasteiger partial charge on any atom is -0.507 e. The number of aryl methyl sites for hydroxylation is 2. The number of halogens is 1. The number of phenolic OH excluding ortho intramolecular Hbond substituents is 1. The Morgan fingerprint density at radius 1 is 1.11 bits per heavy atom. The minimum atomic E-state index is -0.326. The Kier molecular flexibility index (Phi) is 3.90. The van der Waals surface area contributed by atoms with Crippen molar-refractivity contribution in [2.75, 3.05) is 5.32 Å². The molecule has 4 heteroatoms. The van der Waals surface area contributed by atoms with Crippen LogP contribution in [0.4, 0.5) is 5.69 Å². The van der Waals surface area contributed by atoms with Crippen LogP contribution in [0, 0.1) is 13.8 Å². The Balaban J connectivity index is 2.23. The Hall–Kier alpha value is -1.81. The molecule has 0 fully saturated rings. The zero-order valence-electron chi connectivity index (χ0n) is 10.7. The van der Waals surface area contributed by atoms with Crippen LogP contribution in [0.5, 0.6) is 5.75 Å². The molecule has 19 heavy (non-hydrogen) atoms. The molecule has 0 saturated heterocycles. The van der Waals surface area contributed by atoms with Gasteiger partial charge in [0.05, 0.1) is 5.56 Å². The van der Waals surface area contributed by atoms with Gasteiger partial charge in [0, 0.05) is 10.2 Å². The van der Waals surface area contributed by atoms with Crippen LogP contribution in [0.3, 0.4) is 0 Å². The molecule has 2 N–H and O–H groups in total. The van der Waals surface area contributed by atoms with E-state index in [4.69, 9.17) is 0 Å². The fourth-order valence-electron chi connectivity index (χ4n) is 1.71. The van der Waals surface area contributed by atoms with Gasteiger partial charge in [-0.1, -0.05) is 22.0 Å². The molecule has 2 aromatic rings. The molecule has 2 aromatic carbocycles. The molecule has 0 aliphatic heterocycles. The summed E-state index contributed by atoms with van der Waals surface area (Å²) in [6.45, 7) is 4.00. The van der Waals surface area contributed by atoms with Crippen LogP contribution in [0.25, 0.3) is 0 Å². The summed E-state index contributed by atoms with van der Waals surface area (Å²) >= 11 is 3.24. The highest BCUT2D eigenvalue weighted by Gasteiger charge is 2.11. The number of carbonyl (C=O) groups excluding carboxylic acids is 1. The smallest absolute Gasteiger partial charge is 0.259 e. The molecule has 1 amide bonds. The van der Waals surface area contributed by atoms with Gasteiger partial charge in [-0.3, -0.25) is 4.79 Å². The van der Waals surface area contributed by atoms with Crippen molar-refractivity contribution in [3.63, 3.8) is 0 Å². The molecule has 0 spiro atoms. The minimum absolute atomic E-state index is 0.0456. The molecular weight excluding hydrogens is 306 g/mol. The van der Waals surface area contributed by atoms with Crippen molar-refractivity contribution in [2.24, 2.45) is 0 Å². The highest BCUT2D eigenvalue weighted by Crippen LogP contribution is 2.23. The van der Waals surface area contributed by atoms with Crippen molar-refractivity contribution in [1.29, 1.82) is 0 Å². The standard InChI is InChI=1S/C15H14BrNO2/c1-9-3-5-12(7-10(9)2)17-15(19)13-6-4-11(16)8-14(13)18/h3-8,18H,1-2H3,(H,17,19). The summed E-state index contributed by atoms with van der Waals surface area (Å²) in [7, 11) is 0. The van der Waals surface area contributed by atoms with Crippen LogP contribution in [0.2, 0.25) is 0 Å². The summed E-state index contributed by atoms with van der Waals surface area (Å²) in [6.07, 6.45) is 0. The molecule has 2 rings (SSSR count). The first-order valence-electron chi connectivity index (χ1n) is 5.84. The quantitative estimate of drug-likeness (QED) is 0.878. The number of hydrogen-bond donors (Lipinski definition) is 2. The van der Waals surface area contributed by atoms with Gasteiger partial charge in [0.2, 0.25) is 0 Å². The lowest BCUT2D eigenvalue weighted by Gasteiger charge is -2.09. The predicted octanol–water partition coefficient (Wildman–Crippen LogP) is 4.02. The maximum atomic E-state index is 12.1.